The summed E-state index contributed by atoms with van der Waals surface area (Å²) in [5.74, 6) is 0. The summed E-state index contributed by atoms with van der Waals surface area (Å²) in [6, 6.07) is 0.581. The van der Waals surface area contributed by atoms with Gasteiger partial charge in [0, 0.05) is 25.7 Å². The summed E-state index contributed by atoms with van der Waals surface area (Å²) in [5, 5.41) is 12.6. The van der Waals surface area contributed by atoms with Gasteiger partial charge < -0.3 is 10.4 Å². The molecule has 0 aliphatic heterocycles. The fourth-order valence-electron chi connectivity index (χ4n) is 3.42. The summed E-state index contributed by atoms with van der Waals surface area (Å²) in [6.45, 7) is 0.218. The molecule has 0 aromatic carbocycles. The van der Waals surface area contributed by atoms with Crippen LogP contribution in [0.2, 0.25) is 0 Å². The molecular weight excluding hydrogens is 281 g/mol. The van der Waals surface area contributed by atoms with E-state index in [1.54, 1.807) is 0 Å². The van der Waals surface area contributed by atoms with Crippen molar-refractivity contribution in [3.8, 4) is 0 Å². The van der Waals surface area contributed by atoms with E-state index < -0.39 is 12.7 Å². The Kier molecular flexibility index (Phi) is 5.91. The van der Waals surface area contributed by atoms with Crippen molar-refractivity contribution in [1.29, 1.82) is 0 Å². The van der Waals surface area contributed by atoms with Crippen molar-refractivity contribution in [3.05, 3.63) is 0 Å². The molecule has 2 rings (SSSR count). The molecule has 0 unspecified atom stereocenters. The van der Waals surface area contributed by atoms with Gasteiger partial charge in [-0.3, -0.25) is 4.90 Å². The zero-order chi connectivity index (χ0) is 15.3. The van der Waals surface area contributed by atoms with Crippen LogP contribution < -0.4 is 5.32 Å². The molecule has 2 saturated carbocycles. The van der Waals surface area contributed by atoms with Gasteiger partial charge in [-0.1, -0.05) is 19.3 Å². The SMILES string of the molecule is OCCN(CC(F)(F)F)CC1(CNC2CC2)CCCCC1. The van der Waals surface area contributed by atoms with E-state index in [0.29, 0.717) is 12.6 Å². The number of nitrogens with one attached hydrogen (secondary N) is 1. The van der Waals surface area contributed by atoms with E-state index in [4.69, 9.17) is 5.11 Å². The van der Waals surface area contributed by atoms with Gasteiger partial charge >= 0.3 is 6.18 Å². The third-order valence-electron chi connectivity index (χ3n) is 4.64. The lowest BCUT2D eigenvalue weighted by Gasteiger charge is -2.41. The number of nitrogens with zero attached hydrogens (tertiary/aromatic N) is 1. The molecule has 124 valence electrons. The Balaban J connectivity index is 1.95. The summed E-state index contributed by atoms with van der Waals surface area (Å²) in [4.78, 5) is 1.39. The molecule has 0 aromatic heterocycles. The van der Waals surface area contributed by atoms with Crippen LogP contribution in [0.1, 0.15) is 44.9 Å². The number of aliphatic hydroxyl groups is 1. The maximum atomic E-state index is 12.7. The lowest BCUT2D eigenvalue weighted by atomic mass is 9.73. The number of hydrogen-bond donors (Lipinski definition) is 2. The minimum absolute atomic E-state index is 0.0543. The molecule has 0 heterocycles. The van der Waals surface area contributed by atoms with Crippen LogP contribution in [0.5, 0.6) is 0 Å². The van der Waals surface area contributed by atoms with Crippen molar-refractivity contribution in [2.75, 3.05) is 32.8 Å². The summed E-state index contributed by atoms with van der Waals surface area (Å²) in [6.07, 6.45) is 3.56. The smallest absolute Gasteiger partial charge is 0.395 e. The summed E-state index contributed by atoms with van der Waals surface area (Å²) in [5.41, 5.74) is -0.0543. The largest absolute Gasteiger partial charge is 0.401 e. The fraction of sp³-hybridized carbons (Fsp3) is 1.00. The molecule has 2 fully saturated rings. The van der Waals surface area contributed by atoms with Gasteiger partial charge in [-0.15, -0.1) is 0 Å². The third kappa shape index (κ3) is 6.12. The summed E-state index contributed by atoms with van der Waals surface area (Å²) >= 11 is 0. The first-order valence-corrected chi connectivity index (χ1v) is 8.06. The molecule has 0 aromatic rings. The average molecular weight is 308 g/mol. The minimum Gasteiger partial charge on any atom is -0.395 e. The Morgan fingerprint density at radius 1 is 1.14 bits per heavy atom. The molecule has 2 aliphatic carbocycles. The Morgan fingerprint density at radius 3 is 2.33 bits per heavy atom. The highest BCUT2D eigenvalue weighted by atomic mass is 19.4. The number of alkyl halides is 3. The van der Waals surface area contributed by atoms with Gasteiger partial charge in [-0.2, -0.15) is 13.2 Å². The maximum absolute atomic E-state index is 12.7. The first-order valence-electron chi connectivity index (χ1n) is 8.06. The van der Waals surface area contributed by atoms with Crippen molar-refractivity contribution in [2.24, 2.45) is 5.41 Å². The molecule has 2 aliphatic rings. The molecule has 21 heavy (non-hydrogen) atoms. The van der Waals surface area contributed by atoms with Crippen molar-refractivity contribution in [2.45, 2.75) is 57.2 Å². The van der Waals surface area contributed by atoms with Crippen LogP contribution in [0.4, 0.5) is 13.2 Å². The van der Waals surface area contributed by atoms with Crippen LogP contribution in [-0.2, 0) is 0 Å². The van der Waals surface area contributed by atoms with Gasteiger partial charge in [-0.25, -0.2) is 0 Å². The lowest BCUT2D eigenvalue weighted by Crippen LogP contribution is -2.48. The van der Waals surface area contributed by atoms with Gasteiger partial charge in [0.25, 0.3) is 0 Å². The number of halogens is 3. The standard InChI is InChI=1S/C15H27F3N2O/c16-15(17,18)12-20(8-9-21)11-14(6-2-1-3-7-14)10-19-13-4-5-13/h13,19,21H,1-12H2. The Bertz CT molecular complexity index is 313. The van der Waals surface area contributed by atoms with E-state index in [9.17, 15) is 13.2 Å². The van der Waals surface area contributed by atoms with Crippen molar-refractivity contribution < 1.29 is 18.3 Å². The summed E-state index contributed by atoms with van der Waals surface area (Å²) in [7, 11) is 0. The molecule has 0 atom stereocenters. The molecule has 0 saturated heterocycles. The second-order valence-corrected chi connectivity index (χ2v) is 6.77. The number of rotatable bonds is 8. The highest BCUT2D eigenvalue weighted by Crippen LogP contribution is 2.38. The van der Waals surface area contributed by atoms with Gasteiger partial charge in [0.1, 0.15) is 0 Å². The molecule has 3 nitrogen and oxygen atoms in total. The quantitative estimate of drug-likeness (QED) is 0.723. The minimum atomic E-state index is -4.20. The summed E-state index contributed by atoms with van der Waals surface area (Å²) < 4.78 is 38.1. The Morgan fingerprint density at radius 2 is 1.81 bits per heavy atom. The Hall–Kier alpha value is -0.330. The molecule has 2 N–H and O–H groups in total. The van der Waals surface area contributed by atoms with Crippen LogP contribution >= 0.6 is 0 Å². The van der Waals surface area contributed by atoms with E-state index >= 15 is 0 Å². The topological polar surface area (TPSA) is 35.5 Å². The van der Waals surface area contributed by atoms with Gasteiger partial charge in [0.15, 0.2) is 0 Å². The second-order valence-electron chi connectivity index (χ2n) is 6.77. The molecule has 6 heteroatoms. The normalized spacial score (nSPS) is 22.7. The van der Waals surface area contributed by atoms with Crippen LogP contribution in [0.25, 0.3) is 0 Å². The van der Waals surface area contributed by atoms with E-state index in [2.05, 4.69) is 5.32 Å². The predicted molar refractivity (Wildman–Crippen MR) is 76.1 cm³/mol. The first kappa shape index (κ1) is 17.0. The van der Waals surface area contributed by atoms with Gasteiger partial charge in [-0.05, 0) is 31.1 Å². The second kappa shape index (κ2) is 7.29. The van der Waals surface area contributed by atoms with E-state index in [1.165, 1.54) is 24.2 Å². The Labute approximate surface area is 124 Å². The van der Waals surface area contributed by atoms with Crippen LogP contribution in [0, 0.1) is 5.41 Å². The fourth-order valence-corrected chi connectivity index (χ4v) is 3.42. The highest BCUT2D eigenvalue weighted by molar-refractivity contribution is 4.91. The van der Waals surface area contributed by atoms with E-state index in [0.717, 1.165) is 32.2 Å². The molecule has 0 radical (unpaired) electrons. The number of hydrogen-bond acceptors (Lipinski definition) is 3. The van der Waals surface area contributed by atoms with Crippen LogP contribution in [-0.4, -0.2) is 55.0 Å². The molecule has 0 spiro atoms. The van der Waals surface area contributed by atoms with E-state index in [-0.39, 0.29) is 18.6 Å². The molecule has 0 bridgehead atoms. The lowest BCUT2D eigenvalue weighted by molar-refractivity contribution is -0.150. The maximum Gasteiger partial charge on any atom is 0.401 e. The first-order chi connectivity index (χ1) is 9.92. The molecular formula is C15H27F3N2O. The van der Waals surface area contributed by atoms with Crippen molar-refractivity contribution in [1.82, 2.24) is 10.2 Å². The zero-order valence-electron chi connectivity index (χ0n) is 12.6. The van der Waals surface area contributed by atoms with Gasteiger partial charge in [0.05, 0.1) is 13.2 Å². The van der Waals surface area contributed by atoms with Crippen molar-refractivity contribution >= 4 is 0 Å². The number of aliphatic hydroxyl groups excluding tert-OH is 1. The predicted octanol–water partition coefficient (Wildman–Crippen LogP) is 2.55. The van der Waals surface area contributed by atoms with Gasteiger partial charge in [0.2, 0.25) is 0 Å². The van der Waals surface area contributed by atoms with E-state index in [1.807, 2.05) is 0 Å². The average Bonchev–Trinajstić information content (AvgIpc) is 3.20. The monoisotopic (exact) mass is 308 g/mol. The third-order valence-corrected chi connectivity index (χ3v) is 4.64. The van der Waals surface area contributed by atoms with Crippen LogP contribution in [0.15, 0.2) is 0 Å². The highest BCUT2D eigenvalue weighted by Gasteiger charge is 2.38. The molecule has 0 amide bonds. The van der Waals surface area contributed by atoms with Crippen molar-refractivity contribution in [3.63, 3.8) is 0 Å². The van der Waals surface area contributed by atoms with Crippen LogP contribution in [0.3, 0.4) is 0 Å². The zero-order valence-corrected chi connectivity index (χ0v) is 12.6.